The third-order valence-corrected chi connectivity index (χ3v) is 3.81. The number of hydrogen-bond acceptors (Lipinski definition) is 2. The van der Waals surface area contributed by atoms with Gasteiger partial charge in [0.25, 0.3) is 0 Å². The van der Waals surface area contributed by atoms with E-state index in [0.717, 1.165) is 19.0 Å². The normalized spacial score (nSPS) is 21.2. The second-order valence-corrected chi connectivity index (χ2v) is 5.32. The molecule has 0 heterocycles. The number of nitrogens with two attached hydrogens (primary N) is 1. The Morgan fingerprint density at radius 1 is 1.29 bits per heavy atom. The fraction of sp³-hybridized carbons (Fsp3) is 1.00. The fourth-order valence-corrected chi connectivity index (χ4v) is 1.92. The summed E-state index contributed by atoms with van der Waals surface area (Å²) in [7, 11) is 0. The molecule has 1 aliphatic rings. The van der Waals surface area contributed by atoms with E-state index in [9.17, 15) is 0 Å². The molecule has 0 aliphatic heterocycles. The topological polar surface area (TPSA) is 38.0 Å². The molecule has 0 bridgehead atoms. The molecule has 1 rings (SSSR count). The minimum absolute atomic E-state index is 0.645. The molecule has 1 atom stereocenters. The summed E-state index contributed by atoms with van der Waals surface area (Å²) < 4.78 is 0. The van der Waals surface area contributed by atoms with E-state index >= 15 is 0 Å². The van der Waals surface area contributed by atoms with Gasteiger partial charge in [-0.05, 0) is 49.6 Å². The van der Waals surface area contributed by atoms with Crippen LogP contribution in [0, 0.1) is 17.3 Å². The highest BCUT2D eigenvalue weighted by atomic mass is 14.9. The first-order valence-corrected chi connectivity index (χ1v) is 6.01. The smallest absolute Gasteiger partial charge is 0.00103 e. The van der Waals surface area contributed by atoms with Crippen molar-refractivity contribution in [3.63, 3.8) is 0 Å². The summed E-state index contributed by atoms with van der Waals surface area (Å²) in [6, 6.07) is 0. The zero-order valence-electron chi connectivity index (χ0n) is 9.97. The van der Waals surface area contributed by atoms with Crippen molar-refractivity contribution in [3.8, 4) is 0 Å². The van der Waals surface area contributed by atoms with Crippen LogP contribution >= 0.6 is 0 Å². The molecular weight excluding hydrogens is 172 g/mol. The van der Waals surface area contributed by atoms with Gasteiger partial charge in [0.1, 0.15) is 0 Å². The second-order valence-electron chi connectivity index (χ2n) is 5.32. The molecule has 14 heavy (non-hydrogen) atoms. The monoisotopic (exact) mass is 198 g/mol. The average Bonchev–Trinajstić information content (AvgIpc) is 2.93. The van der Waals surface area contributed by atoms with Gasteiger partial charge < -0.3 is 11.1 Å². The number of rotatable bonds is 7. The van der Waals surface area contributed by atoms with Gasteiger partial charge in [-0.3, -0.25) is 0 Å². The van der Waals surface area contributed by atoms with Crippen molar-refractivity contribution >= 4 is 0 Å². The third-order valence-electron chi connectivity index (χ3n) is 3.81. The first-order chi connectivity index (χ1) is 6.60. The zero-order valence-corrected chi connectivity index (χ0v) is 9.97. The predicted molar refractivity (Wildman–Crippen MR) is 62.2 cm³/mol. The van der Waals surface area contributed by atoms with Crippen molar-refractivity contribution in [3.05, 3.63) is 0 Å². The van der Waals surface area contributed by atoms with Crippen LogP contribution in [-0.4, -0.2) is 19.6 Å². The first-order valence-electron chi connectivity index (χ1n) is 6.01. The highest BCUT2D eigenvalue weighted by molar-refractivity contribution is 4.96. The van der Waals surface area contributed by atoms with Crippen LogP contribution in [-0.2, 0) is 0 Å². The summed E-state index contributed by atoms with van der Waals surface area (Å²) in [6.07, 6.45) is 4.05. The van der Waals surface area contributed by atoms with Crippen LogP contribution in [0.15, 0.2) is 0 Å². The zero-order chi connectivity index (χ0) is 10.6. The number of hydrogen-bond donors (Lipinski definition) is 2. The van der Waals surface area contributed by atoms with Crippen molar-refractivity contribution in [2.45, 2.75) is 40.0 Å². The molecule has 0 aromatic carbocycles. The average molecular weight is 198 g/mol. The van der Waals surface area contributed by atoms with E-state index in [1.807, 2.05) is 0 Å². The van der Waals surface area contributed by atoms with Gasteiger partial charge in [-0.15, -0.1) is 0 Å². The van der Waals surface area contributed by atoms with Crippen molar-refractivity contribution in [1.82, 2.24) is 5.32 Å². The lowest BCUT2D eigenvalue weighted by Gasteiger charge is -2.20. The molecule has 3 N–H and O–H groups in total. The fourth-order valence-electron chi connectivity index (χ4n) is 1.92. The Morgan fingerprint density at radius 2 is 1.93 bits per heavy atom. The van der Waals surface area contributed by atoms with Gasteiger partial charge in [0.2, 0.25) is 0 Å². The van der Waals surface area contributed by atoms with E-state index in [4.69, 9.17) is 5.73 Å². The maximum absolute atomic E-state index is 5.57. The van der Waals surface area contributed by atoms with Crippen molar-refractivity contribution in [2.75, 3.05) is 19.6 Å². The largest absolute Gasteiger partial charge is 0.330 e. The van der Waals surface area contributed by atoms with E-state index in [1.54, 1.807) is 0 Å². The van der Waals surface area contributed by atoms with Gasteiger partial charge in [-0.25, -0.2) is 0 Å². The van der Waals surface area contributed by atoms with Gasteiger partial charge in [-0.2, -0.15) is 0 Å². The number of nitrogens with one attached hydrogen (secondary N) is 1. The van der Waals surface area contributed by atoms with Gasteiger partial charge in [0, 0.05) is 6.54 Å². The summed E-state index contributed by atoms with van der Waals surface area (Å²) in [4.78, 5) is 0. The van der Waals surface area contributed by atoms with E-state index in [1.165, 1.54) is 25.8 Å². The maximum atomic E-state index is 5.57. The highest BCUT2D eigenvalue weighted by Gasteiger charge is 2.44. The highest BCUT2D eigenvalue weighted by Crippen LogP contribution is 2.51. The van der Waals surface area contributed by atoms with Gasteiger partial charge in [-0.1, -0.05) is 20.8 Å². The van der Waals surface area contributed by atoms with E-state index in [0.29, 0.717) is 11.3 Å². The predicted octanol–water partition coefficient (Wildman–Crippen LogP) is 2.00. The summed E-state index contributed by atoms with van der Waals surface area (Å²) >= 11 is 0. The maximum Gasteiger partial charge on any atom is 0.00103 e. The molecule has 1 saturated carbocycles. The third kappa shape index (κ3) is 3.25. The summed E-state index contributed by atoms with van der Waals surface area (Å²) in [5.41, 5.74) is 6.22. The Morgan fingerprint density at radius 3 is 2.36 bits per heavy atom. The van der Waals surface area contributed by atoms with Crippen LogP contribution < -0.4 is 11.1 Å². The van der Waals surface area contributed by atoms with Crippen LogP contribution in [0.3, 0.4) is 0 Å². The van der Waals surface area contributed by atoms with E-state index < -0.39 is 0 Å². The lowest BCUT2D eigenvalue weighted by molar-refractivity contribution is 0.333. The van der Waals surface area contributed by atoms with Crippen LogP contribution in [0.4, 0.5) is 0 Å². The molecule has 1 aliphatic carbocycles. The molecule has 0 aromatic rings. The van der Waals surface area contributed by atoms with Gasteiger partial charge in [0.15, 0.2) is 0 Å². The lowest BCUT2D eigenvalue weighted by atomic mass is 9.92. The SMILES string of the molecule is CC(CN)CCNCC1(C(C)C)CC1. The molecule has 0 spiro atoms. The molecule has 0 saturated heterocycles. The Balaban J connectivity index is 2.04. The van der Waals surface area contributed by atoms with E-state index in [-0.39, 0.29) is 0 Å². The summed E-state index contributed by atoms with van der Waals surface area (Å²) in [5.74, 6) is 1.50. The van der Waals surface area contributed by atoms with Crippen LogP contribution in [0.25, 0.3) is 0 Å². The Kier molecular flexibility index (Phi) is 4.39. The van der Waals surface area contributed by atoms with Crippen LogP contribution in [0.1, 0.15) is 40.0 Å². The Bertz CT molecular complexity index is 162. The van der Waals surface area contributed by atoms with E-state index in [2.05, 4.69) is 26.1 Å². The minimum Gasteiger partial charge on any atom is -0.330 e. The Labute approximate surface area is 88.6 Å². The molecular formula is C12H26N2. The van der Waals surface area contributed by atoms with Gasteiger partial charge >= 0.3 is 0 Å². The van der Waals surface area contributed by atoms with Crippen LogP contribution in [0.5, 0.6) is 0 Å². The second kappa shape index (κ2) is 5.13. The molecule has 1 unspecified atom stereocenters. The quantitative estimate of drug-likeness (QED) is 0.614. The summed E-state index contributed by atoms with van der Waals surface area (Å²) in [6.45, 7) is 10.1. The molecule has 84 valence electrons. The molecule has 2 nitrogen and oxygen atoms in total. The lowest BCUT2D eigenvalue weighted by Crippen LogP contribution is -2.29. The molecule has 2 heteroatoms. The minimum atomic E-state index is 0.645. The molecule has 0 aromatic heterocycles. The van der Waals surface area contributed by atoms with Crippen molar-refractivity contribution in [1.29, 1.82) is 0 Å². The van der Waals surface area contributed by atoms with Crippen molar-refractivity contribution in [2.24, 2.45) is 23.0 Å². The first kappa shape index (κ1) is 12.0. The molecule has 0 amide bonds. The molecule has 0 radical (unpaired) electrons. The standard InChI is InChI=1S/C12H26N2/c1-10(2)12(5-6-12)9-14-7-4-11(3)8-13/h10-11,14H,4-9,13H2,1-3H3. The summed E-state index contributed by atoms with van der Waals surface area (Å²) in [5, 5.41) is 3.58. The van der Waals surface area contributed by atoms with Gasteiger partial charge in [0.05, 0.1) is 0 Å². The Hall–Kier alpha value is -0.0800. The molecule has 1 fully saturated rings. The van der Waals surface area contributed by atoms with Crippen LogP contribution in [0.2, 0.25) is 0 Å². The van der Waals surface area contributed by atoms with Crippen molar-refractivity contribution < 1.29 is 0 Å².